The van der Waals surface area contributed by atoms with Gasteiger partial charge in [0.2, 0.25) is 0 Å². The molecular formula is C13H28N2O. The molecule has 1 unspecified atom stereocenters. The first kappa shape index (κ1) is 13.9. The minimum Gasteiger partial charge on any atom is -0.396 e. The quantitative estimate of drug-likeness (QED) is 0.751. The maximum absolute atomic E-state index is 9.17. The van der Waals surface area contributed by atoms with Crippen LogP contribution in [0, 0.1) is 5.41 Å². The van der Waals surface area contributed by atoms with Gasteiger partial charge in [-0.05, 0) is 32.6 Å². The lowest BCUT2D eigenvalue weighted by Gasteiger charge is -2.43. The van der Waals surface area contributed by atoms with Gasteiger partial charge in [-0.15, -0.1) is 0 Å². The second-order valence-electron chi connectivity index (χ2n) is 6.76. The zero-order chi connectivity index (χ0) is 12.4. The third-order valence-electron chi connectivity index (χ3n) is 3.35. The standard InChI is InChI=1S/C13H28N2O/c1-12(2,3)15-10-13(4,5)9-14-8-11(15)6-7-16/h11,14,16H,6-10H2,1-5H3. The van der Waals surface area contributed by atoms with Crippen LogP contribution in [0.25, 0.3) is 0 Å². The molecule has 0 amide bonds. The van der Waals surface area contributed by atoms with Crippen molar-refractivity contribution in [1.82, 2.24) is 10.2 Å². The Hall–Kier alpha value is -0.120. The summed E-state index contributed by atoms with van der Waals surface area (Å²) < 4.78 is 0. The van der Waals surface area contributed by atoms with Gasteiger partial charge in [0, 0.05) is 37.8 Å². The van der Waals surface area contributed by atoms with E-state index in [1.807, 2.05) is 0 Å². The third kappa shape index (κ3) is 3.72. The molecule has 0 aromatic carbocycles. The highest BCUT2D eigenvalue weighted by Gasteiger charge is 2.35. The molecule has 0 aromatic rings. The van der Waals surface area contributed by atoms with Crippen molar-refractivity contribution < 1.29 is 5.11 Å². The fourth-order valence-electron chi connectivity index (χ4n) is 2.53. The number of aliphatic hydroxyl groups excluding tert-OH is 1. The van der Waals surface area contributed by atoms with Crippen LogP contribution in [0.4, 0.5) is 0 Å². The lowest BCUT2D eigenvalue weighted by atomic mass is 9.90. The van der Waals surface area contributed by atoms with Gasteiger partial charge in [-0.3, -0.25) is 4.90 Å². The molecule has 3 nitrogen and oxygen atoms in total. The molecule has 0 spiro atoms. The average Bonchev–Trinajstić information content (AvgIpc) is 2.25. The summed E-state index contributed by atoms with van der Waals surface area (Å²) in [4.78, 5) is 2.54. The number of nitrogens with one attached hydrogen (secondary N) is 1. The fraction of sp³-hybridized carbons (Fsp3) is 1.00. The minimum atomic E-state index is 0.170. The summed E-state index contributed by atoms with van der Waals surface area (Å²) in [6.45, 7) is 14.8. The van der Waals surface area contributed by atoms with Crippen LogP contribution >= 0.6 is 0 Å². The summed E-state index contributed by atoms with van der Waals surface area (Å²) in [6.07, 6.45) is 0.861. The van der Waals surface area contributed by atoms with Crippen molar-refractivity contribution in [2.45, 2.75) is 52.6 Å². The largest absolute Gasteiger partial charge is 0.396 e. The van der Waals surface area contributed by atoms with E-state index in [-0.39, 0.29) is 12.1 Å². The van der Waals surface area contributed by atoms with Crippen LogP contribution in [0.2, 0.25) is 0 Å². The third-order valence-corrected chi connectivity index (χ3v) is 3.35. The summed E-state index contributed by atoms with van der Waals surface area (Å²) in [5.41, 5.74) is 0.473. The average molecular weight is 228 g/mol. The molecule has 1 rings (SSSR count). The highest BCUT2D eigenvalue weighted by atomic mass is 16.3. The smallest absolute Gasteiger partial charge is 0.0446 e. The van der Waals surface area contributed by atoms with Gasteiger partial charge in [0.1, 0.15) is 0 Å². The SMILES string of the molecule is CC1(C)CNCC(CCO)N(C(C)(C)C)C1. The molecule has 0 aromatic heterocycles. The highest BCUT2D eigenvalue weighted by Crippen LogP contribution is 2.27. The first-order valence-electron chi connectivity index (χ1n) is 6.34. The molecular weight excluding hydrogens is 200 g/mol. The molecule has 1 fully saturated rings. The van der Waals surface area contributed by atoms with Crippen LogP contribution in [0.1, 0.15) is 41.0 Å². The van der Waals surface area contributed by atoms with Crippen molar-refractivity contribution in [2.75, 3.05) is 26.2 Å². The van der Waals surface area contributed by atoms with E-state index in [9.17, 15) is 0 Å². The van der Waals surface area contributed by atoms with Crippen molar-refractivity contribution in [3.8, 4) is 0 Å². The number of aliphatic hydroxyl groups is 1. The molecule has 16 heavy (non-hydrogen) atoms. The lowest BCUT2D eigenvalue weighted by molar-refractivity contribution is 0.0481. The molecule has 0 radical (unpaired) electrons. The van der Waals surface area contributed by atoms with E-state index in [0.29, 0.717) is 11.5 Å². The van der Waals surface area contributed by atoms with Gasteiger partial charge in [0.05, 0.1) is 0 Å². The van der Waals surface area contributed by atoms with Crippen LogP contribution in [0.15, 0.2) is 0 Å². The molecule has 3 heteroatoms. The predicted octanol–water partition coefficient (Wildman–Crippen LogP) is 1.47. The molecule has 2 N–H and O–H groups in total. The summed E-state index contributed by atoms with van der Waals surface area (Å²) in [5, 5.41) is 12.7. The van der Waals surface area contributed by atoms with E-state index in [4.69, 9.17) is 5.11 Å². The maximum atomic E-state index is 9.17. The summed E-state index contributed by atoms with van der Waals surface area (Å²) in [6, 6.07) is 0.451. The van der Waals surface area contributed by atoms with Gasteiger partial charge in [-0.25, -0.2) is 0 Å². The number of hydrogen-bond acceptors (Lipinski definition) is 3. The molecule has 96 valence electrons. The van der Waals surface area contributed by atoms with Gasteiger partial charge in [-0.2, -0.15) is 0 Å². The van der Waals surface area contributed by atoms with Gasteiger partial charge in [0.15, 0.2) is 0 Å². The highest BCUT2D eigenvalue weighted by molar-refractivity contribution is 4.92. The molecule has 1 heterocycles. The van der Waals surface area contributed by atoms with Crippen molar-refractivity contribution >= 4 is 0 Å². The van der Waals surface area contributed by atoms with Crippen LogP contribution in [0.3, 0.4) is 0 Å². The zero-order valence-electron chi connectivity index (χ0n) is 11.5. The van der Waals surface area contributed by atoms with Gasteiger partial charge < -0.3 is 10.4 Å². The van der Waals surface area contributed by atoms with E-state index in [1.165, 1.54) is 0 Å². The van der Waals surface area contributed by atoms with E-state index in [1.54, 1.807) is 0 Å². The van der Waals surface area contributed by atoms with Gasteiger partial charge in [-0.1, -0.05) is 13.8 Å². The van der Waals surface area contributed by atoms with Gasteiger partial charge in [0.25, 0.3) is 0 Å². The first-order chi connectivity index (χ1) is 7.26. The van der Waals surface area contributed by atoms with E-state index < -0.39 is 0 Å². The lowest BCUT2D eigenvalue weighted by Crippen LogP contribution is -2.52. The van der Waals surface area contributed by atoms with Crippen molar-refractivity contribution in [1.29, 1.82) is 0 Å². The van der Waals surface area contributed by atoms with Crippen molar-refractivity contribution in [2.24, 2.45) is 5.41 Å². The van der Waals surface area contributed by atoms with E-state index in [2.05, 4.69) is 44.8 Å². The zero-order valence-corrected chi connectivity index (χ0v) is 11.5. The second kappa shape index (κ2) is 5.03. The Morgan fingerprint density at radius 1 is 1.38 bits per heavy atom. The fourth-order valence-corrected chi connectivity index (χ4v) is 2.53. The molecule has 0 aliphatic carbocycles. The number of hydrogen-bond donors (Lipinski definition) is 2. The van der Waals surface area contributed by atoms with E-state index in [0.717, 1.165) is 26.1 Å². The summed E-state index contributed by atoms with van der Waals surface area (Å²) in [5.74, 6) is 0. The molecule has 0 saturated carbocycles. The van der Waals surface area contributed by atoms with Crippen LogP contribution < -0.4 is 5.32 Å². The Labute approximate surface area is 100 Å². The Morgan fingerprint density at radius 2 is 2.00 bits per heavy atom. The number of rotatable bonds is 2. The Bertz CT molecular complexity index is 220. The summed E-state index contributed by atoms with van der Waals surface area (Å²) in [7, 11) is 0. The molecule has 0 bridgehead atoms. The van der Waals surface area contributed by atoms with E-state index >= 15 is 0 Å². The van der Waals surface area contributed by atoms with Gasteiger partial charge >= 0.3 is 0 Å². The van der Waals surface area contributed by atoms with Crippen LogP contribution in [-0.4, -0.2) is 47.8 Å². The topological polar surface area (TPSA) is 35.5 Å². The maximum Gasteiger partial charge on any atom is 0.0446 e. The number of nitrogens with zero attached hydrogens (tertiary/aromatic N) is 1. The molecule has 1 atom stereocenters. The molecule has 1 saturated heterocycles. The van der Waals surface area contributed by atoms with Crippen molar-refractivity contribution in [3.63, 3.8) is 0 Å². The van der Waals surface area contributed by atoms with Crippen LogP contribution in [-0.2, 0) is 0 Å². The Kier molecular flexibility index (Phi) is 4.38. The summed E-state index contributed by atoms with van der Waals surface area (Å²) >= 11 is 0. The Balaban J connectivity index is 2.83. The second-order valence-corrected chi connectivity index (χ2v) is 6.76. The van der Waals surface area contributed by atoms with Crippen molar-refractivity contribution in [3.05, 3.63) is 0 Å². The first-order valence-corrected chi connectivity index (χ1v) is 6.34. The Morgan fingerprint density at radius 3 is 2.50 bits per heavy atom. The minimum absolute atomic E-state index is 0.170. The molecule has 1 aliphatic heterocycles. The molecule has 1 aliphatic rings. The normalized spacial score (nSPS) is 27.8. The monoisotopic (exact) mass is 228 g/mol. The predicted molar refractivity (Wildman–Crippen MR) is 68.6 cm³/mol. The van der Waals surface area contributed by atoms with Crippen LogP contribution in [0.5, 0.6) is 0 Å².